The van der Waals surface area contributed by atoms with Gasteiger partial charge in [0.25, 0.3) is 0 Å². The van der Waals surface area contributed by atoms with E-state index in [9.17, 15) is 0 Å². The number of hydrogen-bond acceptors (Lipinski definition) is 6. The lowest BCUT2D eigenvalue weighted by Crippen LogP contribution is -2.04. The second kappa shape index (κ2) is 7.06. The number of aliphatic hydroxyl groups is 1. The molecular formula is C13H17N3O2S. The van der Waals surface area contributed by atoms with Gasteiger partial charge >= 0.3 is 0 Å². The maximum atomic E-state index is 9.02. The highest BCUT2D eigenvalue weighted by Crippen LogP contribution is 2.22. The smallest absolute Gasteiger partial charge is 0.136 e. The quantitative estimate of drug-likeness (QED) is 0.812. The minimum Gasteiger partial charge on any atom is -0.487 e. The van der Waals surface area contributed by atoms with E-state index in [2.05, 4.69) is 14.9 Å². The number of rotatable bonds is 7. The van der Waals surface area contributed by atoms with Crippen molar-refractivity contribution < 1.29 is 9.84 Å². The van der Waals surface area contributed by atoms with E-state index in [0.29, 0.717) is 13.0 Å². The molecule has 1 aromatic carbocycles. The number of nitrogens with one attached hydrogen (secondary N) is 1. The SMILES string of the molecule is CCNc1snnc1COc1ccccc1CCO. The number of hydrogen-bond donors (Lipinski definition) is 2. The van der Waals surface area contributed by atoms with Crippen molar-refractivity contribution in [1.82, 2.24) is 9.59 Å². The lowest BCUT2D eigenvalue weighted by Gasteiger charge is -2.10. The van der Waals surface area contributed by atoms with Crippen LogP contribution in [0.2, 0.25) is 0 Å². The third kappa shape index (κ3) is 3.65. The predicted molar refractivity (Wildman–Crippen MR) is 75.6 cm³/mol. The molecule has 0 unspecified atom stereocenters. The minimum atomic E-state index is 0.112. The Bertz CT molecular complexity index is 516. The number of aliphatic hydroxyl groups excluding tert-OH is 1. The van der Waals surface area contributed by atoms with Gasteiger partial charge in [0.2, 0.25) is 0 Å². The van der Waals surface area contributed by atoms with Crippen LogP contribution in [-0.2, 0) is 13.0 Å². The maximum Gasteiger partial charge on any atom is 0.136 e. The molecule has 0 radical (unpaired) electrons. The van der Waals surface area contributed by atoms with E-state index < -0.39 is 0 Å². The highest BCUT2D eigenvalue weighted by molar-refractivity contribution is 7.10. The van der Waals surface area contributed by atoms with E-state index >= 15 is 0 Å². The summed E-state index contributed by atoms with van der Waals surface area (Å²) in [6, 6.07) is 7.71. The van der Waals surface area contributed by atoms with E-state index in [1.165, 1.54) is 11.5 Å². The molecular weight excluding hydrogens is 262 g/mol. The van der Waals surface area contributed by atoms with Gasteiger partial charge in [0.15, 0.2) is 0 Å². The summed E-state index contributed by atoms with van der Waals surface area (Å²) in [5, 5.41) is 17.2. The number of nitrogens with zero attached hydrogens (tertiary/aromatic N) is 2. The normalized spacial score (nSPS) is 10.4. The van der Waals surface area contributed by atoms with Crippen molar-refractivity contribution in [2.75, 3.05) is 18.5 Å². The molecule has 1 aromatic heterocycles. The number of aromatic nitrogens is 2. The first-order chi connectivity index (χ1) is 9.35. The topological polar surface area (TPSA) is 67.3 Å². The Morgan fingerprint density at radius 2 is 2.21 bits per heavy atom. The van der Waals surface area contributed by atoms with Crippen molar-refractivity contribution in [3.63, 3.8) is 0 Å². The van der Waals surface area contributed by atoms with Crippen molar-refractivity contribution >= 4 is 16.5 Å². The Kier molecular flexibility index (Phi) is 5.11. The summed E-state index contributed by atoms with van der Waals surface area (Å²) in [5.41, 5.74) is 1.81. The summed E-state index contributed by atoms with van der Waals surface area (Å²) >= 11 is 1.33. The van der Waals surface area contributed by atoms with E-state index in [4.69, 9.17) is 9.84 Å². The number of ether oxygens (including phenoxy) is 1. The van der Waals surface area contributed by atoms with E-state index in [0.717, 1.165) is 28.6 Å². The van der Waals surface area contributed by atoms with Gasteiger partial charge in [-0.2, -0.15) is 0 Å². The van der Waals surface area contributed by atoms with Crippen LogP contribution in [0, 0.1) is 0 Å². The van der Waals surface area contributed by atoms with Crippen molar-refractivity contribution in [3.05, 3.63) is 35.5 Å². The molecule has 0 saturated carbocycles. The van der Waals surface area contributed by atoms with E-state index in [1.807, 2.05) is 31.2 Å². The van der Waals surface area contributed by atoms with Crippen molar-refractivity contribution in [1.29, 1.82) is 0 Å². The average molecular weight is 279 g/mol. The van der Waals surface area contributed by atoms with Crippen molar-refractivity contribution in [3.8, 4) is 5.75 Å². The third-order valence-corrected chi connectivity index (χ3v) is 3.34. The molecule has 0 aliphatic heterocycles. The Morgan fingerprint density at radius 3 is 3.00 bits per heavy atom. The van der Waals surface area contributed by atoms with Crippen molar-refractivity contribution in [2.45, 2.75) is 20.0 Å². The average Bonchev–Trinajstić information content (AvgIpc) is 2.86. The first-order valence-electron chi connectivity index (χ1n) is 6.21. The molecule has 0 saturated heterocycles. The molecule has 0 amide bonds. The van der Waals surface area contributed by atoms with Crippen LogP contribution in [0.4, 0.5) is 5.00 Å². The van der Waals surface area contributed by atoms with Gasteiger partial charge < -0.3 is 15.2 Å². The molecule has 0 bridgehead atoms. The van der Waals surface area contributed by atoms with Crippen LogP contribution in [0.15, 0.2) is 24.3 Å². The lowest BCUT2D eigenvalue weighted by molar-refractivity contribution is 0.282. The molecule has 5 nitrogen and oxygen atoms in total. The molecule has 0 spiro atoms. The molecule has 0 aliphatic rings. The Hall–Kier alpha value is -1.66. The summed E-state index contributed by atoms with van der Waals surface area (Å²) in [4.78, 5) is 0. The maximum absolute atomic E-state index is 9.02. The Morgan fingerprint density at radius 1 is 1.37 bits per heavy atom. The van der Waals surface area contributed by atoms with Gasteiger partial charge in [-0.1, -0.05) is 22.7 Å². The van der Waals surface area contributed by atoms with Gasteiger partial charge in [-0.05, 0) is 25.0 Å². The summed E-state index contributed by atoms with van der Waals surface area (Å²) in [6.45, 7) is 3.35. The predicted octanol–water partition coefficient (Wildman–Crippen LogP) is 2.08. The Balaban J connectivity index is 2.03. The van der Waals surface area contributed by atoms with Crippen LogP contribution in [0.5, 0.6) is 5.75 Å². The van der Waals surface area contributed by atoms with Crippen LogP contribution in [0.1, 0.15) is 18.2 Å². The van der Waals surface area contributed by atoms with Gasteiger partial charge in [0, 0.05) is 24.7 Å². The molecule has 2 rings (SSSR count). The molecule has 19 heavy (non-hydrogen) atoms. The zero-order valence-electron chi connectivity index (χ0n) is 10.8. The lowest BCUT2D eigenvalue weighted by atomic mass is 10.1. The van der Waals surface area contributed by atoms with Crippen molar-refractivity contribution in [2.24, 2.45) is 0 Å². The summed E-state index contributed by atoms with van der Waals surface area (Å²) in [7, 11) is 0. The van der Waals surface area contributed by atoms with Gasteiger partial charge in [-0.25, -0.2) is 0 Å². The fourth-order valence-corrected chi connectivity index (χ4v) is 2.35. The monoisotopic (exact) mass is 279 g/mol. The fraction of sp³-hybridized carbons (Fsp3) is 0.385. The summed E-state index contributed by atoms with van der Waals surface area (Å²) < 4.78 is 9.70. The third-order valence-electron chi connectivity index (χ3n) is 2.61. The van der Waals surface area contributed by atoms with Crippen LogP contribution >= 0.6 is 11.5 Å². The van der Waals surface area contributed by atoms with E-state index in [-0.39, 0.29) is 6.61 Å². The summed E-state index contributed by atoms with van der Waals surface area (Å²) in [6.07, 6.45) is 0.589. The highest BCUT2D eigenvalue weighted by Gasteiger charge is 2.09. The molecule has 102 valence electrons. The molecule has 2 N–H and O–H groups in total. The molecule has 0 fully saturated rings. The number of anilines is 1. The second-order valence-electron chi connectivity index (χ2n) is 3.95. The van der Waals surface area contributed by atoms with Crippen LogP contribution in [-0.4, -0.2) is 27.8 Å². The molecule has 0 aliphatic carbocycles. The van der Waals surface area contributed by atoms with E-state index in [1.54, 1.807) is 0 Å². The largest absolute Gasteiger partial charge is 0.487 e. The van der Waals surface area contributed by atoms with Gasteiger partial charge in [0.1, 0.15) is 23.1 Å². The second-order valence-corrected chi connectivity index (χ2v) is 4.70. The fourth-order valence-electron chi connectivity index (χ4n) is 1.72. The van der Waals surface area contributed by atoms with Crippen LogP contribution in [0.3, 0.4) is 0 Å². The number of benzene rings is 1. The zero-order chi connectivity index (χ0) is 13.5. The van der Waals surface area contributed by atoms with Crippen LogP contribution in [0.25, 0.3) is 0 Å². The van der Waals surface area contributed by atoms with Crippen LogP contribution < -0.4 is 10.1 Å². The first-order valence-corrected chi connectivity index (χ1v) is 6.99. The molecule has 0 atom stereocenters. The minimum absolute atomic E-state index is 0.112. The zero-order valence-corrected chi connectivity index (χ0v) is 11.6. The van der Waals surface area contributed by atoms with Gasteiger partial charge in [-0.3, -0.25) is 0 Å². The summed E-state index contributed by atoms with van der Waals surface area (Å²) in [5.74, 6) is 0.784. The number of para-hydroxylation sites is 1. The van der Waals surface area contributed by atoms with Gasteiger partial charge in [-0.15, -0.1) is 5.10 Å². The molecule has 1 heterocycles. The standard InChI is InChI=1S/C13H17N3O2S/c1-2-14-13-11(15-16-19-13)9-18-12-6-4-3-5-10(12)7-8-17/h3-6,14,17H,2,7-9H2,1H3. The van der Waals surface area contributed by atoms with Gasteiger partial charge in [0.05, 0.1) is 0 Å². The molecule has 6 heteroatoms. The molecule has 2 aromatic rings. The highest BCUT2D eigenvalue weighted by atomic mass is 32.1. The first kappa shape index (κ1) is 13.8. The Labute approximate surface area is 116 Å².